The minimum Gasteiger partial charge on any atom is -0.397 e. The van der Waals surface area contributed by atoms with Gasteiger partial charge in [-0.25, -0.2) is 0 Å². The Balaban J connectivity index is 1.94. The summed E-state index contributed by atoms with van der Waals surface area (Å²) in [6.45, 7) is 1.50. The third kappa shape index (κ3) is 3.25. The first-order valence-electron chi connectivity index (χ1n) is 5.90. The fourth-order valence-corrected chi connectivity index (χ4v) is 2.62. The van der Waals surface area contributed by atoms with Gasteiger partial charge in [0.25, 0.3) is 5.91 Å². The van der Waals surface area contributed by atoms with E-state index in [4.69, 9.17) is 5.73 Å². The van der Waals surface area contributed by atoms with Crippen LogP contribution in [0.15, 0.2) is 24.5 Å². The highest BCUT2D eigenvalue weighted by molar-refractivity contribution is 7.18. The van der Waals surface area contributed by atoms with Gasteiger partial charge in [0.05, 0.1) is 17.2 Å². The fraction of sp³-hybridized carbons (Fsp3) is 0.333. The van der Waals surface area contributed by atoms with Crippen LogP contribution in [-0.2, 0) is 6.54 Å². The SMILES string of the molecule is CN(C)C(=O)c1sc(NCCn2cccn2)cc1N. The smallest absolute Gasteiger partial charge is 0.265 e. The van der Waals surface area contributed by atoms with E-state index in [1.54, 1.807) is 26.4 Å². The first kappa shape index (κ1) is 13.4. The summed E-state index contributed by atoms with van der Waals surface area (Å²) in [7, 11) is 3.43. The van der Waals surface area contributed by atoms with Crippen molar-refractivity contribution >= 4 is 27.9 Å². The van der Waals surface area contributed by atoms with Crippen molar-refractivity contribution in [1.29, 1.82) is 0 Å². The molecule has 19 heavy (non-hydrogen) atoms. The van der Waals surface area contributed by atoms with Crippen LogP contribution < -0.4 is 11.1 Å². The van der Waals surface area contributed by atoms with E-state index in [0.717, 1.165) is 18.1 Å². The molecule has 0 bridgehead atoms. The molecule has 0 atom stereocenters. The zero-order valence-corrected chi connectivity index (χ0v) is 11.8. The average molecular weight is 279 g/mol. The third-order valence-electron chi connectivity index (χ3n) is 2.56. The van der Waals surface area contributed by atoms with Crippen LogP contribution in [0, 0.1) is 0 Å². The van der Waals surface area contributed by atoms with Crippen molar-refractivity contribution in [1.82, 2.24) is 14.7 Å². The van der Waals surface area contributed by atoms with E-state index in [9.17, 15) is 4.79 Å². The minimum absolute atomic E-state index is 0.0670. The second kappa shape index (κ2) is 5.75. The number of hydrogen-bond acceptors (Lipinski definition) is 5. The molecule has 2 aromatic rings. The number of nitrogen functional groups attached to an aromatic ring is 1. The number of carbonyl (C=O) groups excluding carboxylic acids is 1. The van der Waals surface area contributed by atoms with Gasteiger partial charge < -0.3 is 16.0 Å². The van der Waals surface area contributed by atoms with Gasteiger partial charge in [-0.15, -0.1) is 11.3 Å². The maximum Gasteiger partial charge on any atom is 0.265 e. The topological polar surface area (TPSA) is 76.2 Å². The Morgan fingerprint density at radius 1 is 1.58 bits per heavy atom. The van der Waals surface area contributed by atoms with Crippen molar-refractivity contribution in [2.75, 3.05) is 31.7 Å². The summed E-state index contributed by atoms with van der Waals surface area (Å²) in [4.78, 5) is 14.0. The second-order valence-electron chi connectivity index (χ2n) is 4.29. The molecule has 7 heteroatoms. The Labute approximate surface area is 115 Å². The van der Waals surface area contributed by atoms with Gasteiger partial charge in [0.2, 0.25) is 0 Å². The molecule has 102 valence electrons. The maximum atomic E-state index is 11.9. The summed E-state index contributed by atoms with van der Waals surface area (Å²) in [5.74, 6) is -0.0670. The molecule has 2 aromatic heterocycles. The van der Waals surface area contributed by atoms with Crippen LogP contribution in [0.1, 0.15) is 9.67 Å². The molecule has 0 aliphatic rings. The number of nitrogens with one attached hydrogen (secondary N) is 1. The van der Waals surface area contributed by atoms with Gasteiger partial charge in [0.15, 0.2) is 0 Å². The van der Waals surface area contributed by atoms with Crippen molar-refractivity contribution in [3.63, 3.8) is 0 Å². The number of rotatable bonds is 5. The van der Waals surface area contributed by atoms with Crippen LogP contribution >= 0.6 is 11.3 Å². The van der Waals surface area contributed by atoms with Crippen LogP contribution in [0.2, 0.25) is 0 Å². The number of aromatic nitrogens is 2. The molecule has 2 rings (SSSR count). The van der Waals surface area contributed by atoms with Crippen LogP contribution in [0.3, 0.4) is 0 Å². The minimum atomic E-state index is -0.0670. The molecule has 0 aliphatic heterocycles. The van der Waals surface area contributed by atoms with E-state index >= 15 is 0 Å². The largest absolute Gasteiger partial charge is 0.397 e. The van der Waals surface area contributed by atoms with E-state index in [-0.39, 0.29) is 5.91 Å². The second-order valence-corrected chi connectivity index (χ2v) is 5.34. The number of amides is 1. The Morgan fingerprint density at radius 2 is 2.37 bits per heavy atom. The summed E-state index contributed by atoms with van der Waals surface area (Å²) in [6, 6.07) is 3.68. The predicted molar refractivity (Wildman–Crippen MR) is 77.5 cm³/mol. The lowest BCUT2D eigenvalue weighted by atomic mass is 10.3. The highest BCUT2D eigenvalue weighted by Gasteiger charge is 2.15. The first-order chi connectivity index (χ1) is 9.08. The standard InChI is InChI=1S/C12H17N5OS/c1-16(2)12(18)11-9(13)8-10(19-11)14-5-7-17-6-3-4-15-17/h3-4,6,8,14H,5,7,13H2,1-2H3. The molecular formula is C12H17N5OS. The van der Waals surface area contributed by atoms with Crippen LogP contribution in [0.5, 0.6) is 0 Å². The first-order valence-corrected chi connectivity index (χ1v) is 6.72. The van der Waals surface area contributed by atoms with Gasteiger partial charge in [-0.1, -0.05) is 0 Å². The normalized spacial score (nSPS) is 10.4. The maximum absolute atomic E-state index is 11.9. The fourth-order valence-electron chi connectivity index (χ4n) is 1.59. The quantitative estimate of drug-likeness (QED) is 0.866. The van der Waals surface area contributed by atoms with E-state index in [2.05, 4.69) is 10.4 Å². The number of hydrogen-bond donors (Lipinski definition) is 2. The van der Waals surface area contributed by atoms with Gasteiger partial charge in [-0.3, -0.25) is 9.48 Å². The molecule has 0 aliphatic carbocycles. The molecule has 1 amide bonds. The van der Waals surface area contributed by atoms with Crippen molar-refractivity contribution in [3.8, 4) is 0 Å². The number of nitrogens with two attached hydrogens (primary N) is 1. The molecule has 0 unspecified atom stereocenters. The lowest BCUT2D eigenvalue weighted by Crippen LogP contribution is -2.21. The number of nitrogens with zero attached hydrogens (tertiary/aromatic N) is 3. The summed E-state index contributed by atoms with van der Waals surface area (Å²) in [5, 5.41) is 8.26. The van der Waals surface area contributed by atoms with E-state index < -0.39 is 0 Å². The van der Waals surface area contributed by atoms with Gasteiger partial charge in [0.1, 0.15) is 4.88 Å². The Kier molecular flexibility index (Phi) is 4.06. The van der Waals surface area contributed by atoms with E-state index in [1.807, 2.05) is 16.9 Å². The zero-order chi connectivity index (χ0) is 13.8. The van der Waals surface area contributed by atoms with Gasteiger partial charge >= 0.3 is 0 Å². The summed E-state index contributed by atoms with van der Waals surface area (Å²) >= 11 is 1.38. The molecule has 0 spiro atoms. The lowest BCUT2D eigenvalue weighted by molar-refractivity contribution is 0.0833. The van der Waals surface area contributed by atoms with E-state index in [0.29, 0.717) is 10.6 Å². The Hall–Kier alpha value is -2.02. The molecule has 0 saturated carbocycles. The molecule has 0 aromatic carbocycles. The van der Waals surface area contributed by atoms with Crippen LogP contribution in [0.25, 0.3) is 0 Å². The molecule has 6 nitrogen and oxygen atoms in total. The summed E-state index contributed by atoms with van der Waals surface area (Å²) in [5.41, 5.74) is 6.37. The Bertz CT molecular complexity index is 546. The molecule has 3 N–H and O–H groups in total. The molecule has 0 saturated heterocycles. The number of anilines is 2. The van der Waals surface area contributed by atoms with Crippen molar-refractivity contribution in [2.24, 2.45) is 0 Å². The highest BCUT2D eigenvalue weighted by atomic mass is 32.1. The van der Waals surface area contributed by atoms with Crippen molar-refractivity contribution in [3.05, 3.63) is 29.4 Å². The van der Waals surface area contributed by atoms with Crippen LogP contribution in [0.4, 0.5) is 10.7 Å². The number of thiophene rings is 1. The summed E-state index contributed by atoms with van der Waals surface area (Å²) < 4.78 is 1.84. The van der Waals surface area contributed by atoms with Crippen molar-refractivity contribution in [2.45, 2.75) is 6.54 Å². The third-order valence-corrected chi connectivity index (χ3v) is 3.66. The average Bonchev–Trinajstić information content (AvgIpc) is 2.98. The molecule has 0 fully saturated rings. The van der Waals surface area contributed by atoms with Gasteiger partial charge in [0, 0.05) is 33.0 Å². The predicted octanol–water partition coefficient (Wildman–Crippen LogP) is 1.34. The van der Waals surface area contributed by atoms with Gasteiger partial charge in [-0.2, -0.15) is 5.10 Å². The molecule has 2 heterocycles. The Morgan fingerprint density at radius 3 is 3.00 bits per heavy atom. The molecule has 0 radical (unpaired) electrons. The van der Waals surface area contributed by atoms with Gasteiger partial charge in [-0.05, 0) is 12.1 Å². The van der Waals surface area contributed by atoms with Crippen LogP contribution in [-0.4, -0.2) is 41.2 Å². The van der Waals surface area contributed by atoms with E-state index in [1.165, 1.54) is 16.2 Å². The monoisotopic (exact) mass is 279 g/mol. The van der Waals surface area contributed by atoms with Crippen molar-refractivity contribution < 1.29 is 4.79 Å². The zero-order valence-electron chi connectivity index (χ0n) is 11.0. The molecular weight excluding hydrogens is 262 g/mol. The number of carbonyl (C=O) groups is 1. The summed E-state index contributed by atoms with van der Waals surface area (Å²) in [6.07, 6.45) is 3.66. The lowest BCUT2D eigenvalue weighted by Gasteiger charge is -2.08. The highest BCUT2D eigenvalue weighted by Crippen LogP contribution is 2.29.